The van der Waals surface area contributed by atoms with E-state index < -0.39 is 0 Å². The van der Waals surface area contributed by atoms with Crippen LogP contribution in [0.5, 0.6) is 0 Å². The van der Waals surface area contributed by atoms with Crippen molar-refractivity contribution in [3.63, 3.8) is 0 Å². The van der Waals surface area contributed by atoms with Gasteiger partial charge in [-0.2, -0.15) is 0 Å². The third-order valence-electron chi connectivity index (χ3n) is 4.54. The number of nitrogens with one attached hydrogen (secondary N) is 2. The number of hydrogen-bond donors (Lipinski definition) is 3. The molecule has 102 valence electrons. The normalized spacial score (nSPS) is 29.5. The fraction of sp³-hybridized carbons (Fsp3) is 0.533. The quantitative estimate of drug-likeness (QED) is 0.337. The van der Waals surface area contributed by atoms with Gasteiger partial charge in [0.25, 0.3) is 0 Å². The van der Waals surface area contributed by atoms with E-state index in [9.17, 15) is 0 Å². The second kappa shape index (κ2) is 5.61. The minimum atomic E-state index is 0.661. The van der Waals surface area contributed by atoms with Gasteiger partial charge in [0.1, 0.15) is 0 Å². The minimum absolute atomic E-state index is 0.661. The molecule has 4 N–H and O–H groups in total. The van der Waals surface area contributed by atoms with Gasteiger partial charge in [0, 0.05) is 12.2 Å². The van der Waals surface area contributed by atoms with Crippen molar-refractivity contribution in [3.8, 4) is 0 Å². The Hall–Kier alpha value is -1.55. The molecule has 2 aliphatic rings. The molecule has 0 amide bonds. The lowest BCUT2D eigenvalue weighted by Crippen LogP contribution is -2.36. The zero-order valence-corrected chi connectivity index (χ0v) is 11.2. The van der Waals surface area contributed by atoms with Crippen molar-refractivity contribution in [2.24, 2.45) is 28.6 Å². The highest BCUT2D eigenvalue weighted by molar-refractivity contribution is 5.93. The van der Waals surface area contributed by atoms with Crippen LogP contribution in [-0.2, 0) is 0 Å². The number of guanidine groups is 1. The number of benzene rings is 1. The maximum absolute atomic E-state index is 5.54. The Balaban J connectivity index is 1.58. The van der Waals surface area contributed by atoms with Gasteiger partial charge in [0.05, 0.1) is 0 Å². The highest BCUT2D eigenvalue weighted by atomic mass is 15.3. The molecular formula is C15H22N4. The minimum Gasteiger partial charge on any atom is -0.325 e. The Morgan fingerprint density at radius 1 is 1.21 bits per heavy atom. The van der Waals surface area contributed by atoms with Crippen molar-refractivity contribution in [2.75, 3.05) is 11.9 Å². The molecule has 3 rings (SSSR count). The highest BCUT2D eigenvalue weighted by Gasteiger charge is 2.39. The predicted molar refractivity (Wildman–Crippen MR) is 78.6 cm³/mol. The number of para-hydroxylation sites is 1. The summed E-state index contributed by atoms with van der Waals surface area (Å²) in [5, 5.41) is 3.21. The molecule has 0 radical (unpaired) electrons. The second-order valence-electron chi connectivity index (χ2n) is 5.76. The van der Waals surface area contributed by atoms with Crippen LogP contribution in [0, 0.1) is 17.8 Å². The van der Waals surface area contributed by atoms with E-state index in [4.69, 9.17) is 5.84 Å². The van der Waals surface area contributed by atoms with Crippen molar-refractivity contribution in [1.82, 2.24) is 5.43 Å². The van der Waals surface area contributed by atoms with Crippen LogP contribution in [0.25, 0.3) is 0 Å². The summed E-state index contributed by atoms with van der Waals surface area (Å²) >= 11 is 0. The molecule has 2 bridgehead atoms. The molecule has 2 saturated carbocycles. The highest BCUT2D eigenvalue weighted by Crippen LogP contribution is 2.48. The summed E-state index contributed by atoms with van der Waals surface area (Å²) < 4.78 is 0. The van der Waals surface area contributed by atoms with Crippen molar-refractivity contribution in [2.45, 2.75) is 25.7 Å². The van der Waals surface area contributed by atoms with Gasteiger partial charge in [-0.3, -0.25) is 10.4 Å². The Morgan fingerprint density at radius 2 is 2.05 bits per heavy atom. The number of anilines is 1. The predicted octanol–water partition coefficient (Wildman–Crippen LogP) is 2.35. The molecule has 0 aliphatic heterocycles. The number of hydrogen-bond acceptors (Lipinski definition) is 2. The first-order valence-electron chi connectivity index (χ1n) is 7.18. The number of nitrogens with two attached hydrogens (primary N) is 1. The zero-order chi connectivity index (χ0) is 13.1. The van der Waals surface area contributed by atoms with Gasteiger partial charge >= 0.3 is 0 Å². The summed E-state index contributed by atoms with van der Waals surface area (Å²) in [5.74, 6) is 8.84. The molecule has 2 fully saturated rings. The summed E-state index contributed by atoms with van der Waals surface area (Å²) in [7, 11) is 0. The zero-order valence-electron chi connectivity index (χ0n) is 11.2. The molecule has 0 aromatic heterocycles. The monoisotopic (exact) mass is 258 g/mol. The molecule has 1 aromatic rings. The van der Waals surface area contributed by atoms with E-state index in [1.54, 1.807) is 0 Å². The smallest absolute Gasteiger partial charge is 0.210 e. The maximum atomic E-state index is 5.54. The second-order valence-corrected chi connectivity index (χ2v) is 5.76. The Morgan fingerprint density at radius 3 is 2.68 bits per heavy atom. The van der Waals surface area contributed by atoms with Crippen LogP contribution in [0.1, 0.15) is 25.7 Å². The number of rotatable bonds is 3. The molecule has 1 aromatic carbocycles. The van der Waals surface area contributed by atoms with E-state index in [1.807, 2.05) is 30.3 Å². The topological polar surface area (TPSA) is 62.4 Å². The summed E-state index contributed by atoms with van der Waals surface area (Å²) in [6.45, 7) is 0.889. The van der Waals surface area contributed by atoms with Crippen molar-refractivity contribution in [3.05, 3.63) is 30.3 Å². The van der Waals surface area contributed by atoms with E-state index in [0.717, 1.165) is 30.0 Å². The van der Waals surface area contributed by atoms with Gasteiger partial charge in [-0.25, -0.2) is 5.84 Å². The molecule has 4 nitrogen and oxygen atoms in total. The average Bonchev–Trinajstić information content (AvgIpc) is 3.07. The van der Waals surface area contributed by atoms with Crippen molar-refractivity contribution >= 4 is 11.6 Å². The van der Waals surface area contributed by atoms with Gasteiger partial charge in [-0.05, 0) is 49.1 Å². The van der Waals surface area contributed by atoms with Gasteiger partial charge in [-0.15, -0.1) is 0 Å². The SMILES string of the molecule is NNC(=NCC1CC2CCC1C2)Nc1ccccc1. The molecule has 2 aliphatic carbocycles. The van der Waals surface area contributed by atoms with Gasteiger partial charge in [0.15, 0.2) is 0 Å². The first-order chi connectivity index (χ1) is 9.35. The molecule has 4 heteroatoms. The lowest BCUT2D eigenvalue weighted by molar-refractivity contribution is 0.342. The van der Waals surface area contributed by atoms with E-state index in [2.05, 4.69) is 15.7 Å². The first kappa shape index (κ1) is 12.5. The standard InChI is InChI=1S/C15H22N4/c16-19-15(18-14-4-2-1-3-5-14)17-10-13-9-11-6-7-12(13)8-11/h1-5,11-13H,6-10,16H2,(H2,17,18,19). The van der Waals surface area contributed by atoms with Gasteiger partial charge in [-0.1, -0.05) is 24.6 Å². The lowest BCUT2D eigenvalue weighted by atomic mass is 9.89. The summed E-state index contributed by atoms with van der Waals surface area (Å²) in [6.07, 6.45) is 5.63. The Kier molecular flexibility index (Phi) is 3.69. The molecule has 3 atom stereocenters. The Labute approximate surface area is 114 Å². The van der Waals surface area contributed by atoms with E-state index in [1.165, 1.54) is 25.7 Å². The molecule has 3 unspecified atom stereocenters. The average molecular weight is 258 g/mol. The van der Waals surface area contributed by atoms with Crippen molar-refractivity contribution < 1.29 is 0 Å². The first-order valence-corrected chi connectivity index (χ1v) is 7.18. The third kappa shape index (κ3) is 2.89. The summed E-state index contributed by atoms with van der Waals surface area (Å²) in [5.41, 5.74) is 3.66. The van der Waals surface area contributed by atoms with Gasteiger partial charge in [0.2, 0.25) is 5.96 Å². The number of aliphatic imine (C=N–C) groups is 1. The van der Waals surface area contributed by atoms with Crippen molar-refractivity contribution in [1.29, 1.82) is 0 Å². The summed E-state index contributed by atoms with van der Waals surface area (Å²) in [4.78, 5) is 4.61. The molecule has 0 spiro atoms. The van der Waals surface area contributed by atoms with Crippen LogP contribution in [0.4, 0.5) is 5.69 Å². The third-order valence-corrected chi connectivity index (χ3v) is 4.54. The van der Waals surface area contributed by atoms with Crippen LogP contribution in [0.15, 0.2) is 35.3 Å². The van der Waals surface area contributed by atoms with Crippen LogP contribution >= 0.6 is 0 Å². The number of fused-ring (bicyclic) bond motifs is 2. The van der Waals surface area contributed by atoms with E-state index in [-0.39, 0.29) is 0 Å². The molecule has 0 saturated heterocycles. The largest absolute Gasteiger partial charge is 0.325 e. The van der Waals surface area contributed by atoms with Crippen LogP contribution in [0.2, 0.25) is 0 Å². The fourth-order valence-corrected chi connectivity index (χ4v) is 3.59. The molecular weight excluding hydrogens is 236 g/mol. The van der Waals surface area contributed by atoms with Gasteiger partial charge < -0.3 is 5.32 Å². The maximum Gasteiger partial charge on any atom is 0.210 e. The van der Waals surface area contributed by atoms with E-state index >= 15 is 0 Å². The number of nitrogens with zero attached hydrogens (tertiary/aromatic N) is 1. The number of hydrazine groups is 1. The Bertz CT molecular complexity index is 443. The van der Waals surface area contributed by atoms with Crippen LogP contribution < -0.4 is 16.6 Å². The van der Waals surface area contributed by atoms with Crippen LogP contribution in [0.3, 0.4) is 0 Å². The lowest BCUT2D eigenvalue weighted by Gasteiger charge is -2.20. The van der Waals surface area contributed by atoms with Crippen LogP contribution in [-0.4, -0.2) is 12.5 Å². The molecule has 19 heavy (non-hydrogen) atoms. The molecule has 0 heterocycles. The summed E-state index contributed by atoms with van der Waals surface area (Å²) in [6, 6.07) is 9.99. The fourth-order valence-electron chi connectivity index (χ4n) is 3.59. The van der Waals surface area contributed by atoms with E-state index in [0.29, 0.717) is 5.96 Å².